The molecule has 4 rings (SSSR count). The number of carbonyl (C=O) groups is 1. The third kappa shape index (κ3) is 4.96. The summed E-state index contributed by atoms with van der Waals surface area (Å²) in [5.74, 6) is -0.105. The number of aliphatic hydroxyl groups excluding tert-OH is 1. The van der Waals surface area contributed by atoms with Crippen molar-refractivity contribution in [1.29, 1.82) is 0 Å². The lowest BCUT2D eigenvalue weighted by molar-refractivity contribution is 0.102. The summed E-state index contributed by atoms with van der Waals surface area (Å²) in [4.78, 5) is 25.9. The molecule has 1 unspecified atom stereocenters. The molecule has 0 radical (unpaired) electrons. The van der Waals surface area contributed by atoms with E-state index in [4.69, 9.17) is 0 Å². The van der Waals surface area contributed by atoms with Gasteiger partial charge in [0, 0.05) is 17.5 Å². The Balaban J connectivity index is 1.53. The van der Waals surface area contributed by atoms with Crippen LogP contribution in [0.1, 0.15) is 50.0 Å². The first-order valence-electron chi connectivity index (χ1n) is 10.8. The number of rotatable bonds is 5. The Hall–Kier alpha value is -3.90. The second-order valence-electron chi connectivity index (χ2n) is 8.22. The van der Waals surface area contributed by atoms with Gasteiger partial charge in [-0.15, -0.1) is 0 Å². The molecule has 1 atom stereocenters. The van der Waals surface area contributed by atoms with Crippen molar-refractivity contribution in [2.24, 2.45) is 0 Å². The lowest BCUT2D eigenvalue weighted by Crippen LogP contribution is -2.15. The van der Waals surface area contributed by atoms with Gasteiger partial charge in [0.05, 0.1) is 11.4 Å². The molecule has 4 aromatic rings. The maximum Gasteiger partial charge on any atom is 0.258 e. The van der Waals surface area contributed by atoms with Gasteiger partial charge < -0.3 is 5.11 Å². The summed E-state index contributed by atoms with van der Waals surface area (Å²) in [5, 5.41) is 13.7. The lowest BCUT2D eigenvalue weighted by atomic mass is 9.91. The molecule has 0 saturated carbocycles. The number of hydrogen-bond acceptors (Lipinski definition) is 5. The van der Waals surface area contributed by atoms with Gasteiger partial charge in [0.15, 0.2) is 0 Å². The average Bonchev–Trinajstić information content (AvgIpc) is 2.78. The lowest BCUT2D eigenvalue weighted by Gasteiger charge is -2.18. The second kappa shape index (κ2) is 9.30. The Kier molecular flexibility index (Phi) is 6.29. The molecule has 6 heteroatoms. The minimum absolute atomic E-state index is 0.218. The second-order valence-corrected chi connectivity index (χ2v) is 8.22. The molecule has 2 heterocycles. The van der Waals surface area contributed by atoms with E-state index in [0.717, 1.165) is 33.5 Å². The molecule has 1 amide bonds. The van der Waals surface area contributed by atoms with Crippen molar-refractivity contribution in [3.05, 3.63) is 106 Å². The van der Waals surface area contributed by atoms with E-state index in [-0.39, 0.29) is 11.9 Å². The standard InChI is InChI=1S/C27H26N4O2/c1-16-13-17(2)24(18(3)14-16)25(32)20-8-10-21(11-9-20)26(33)31-27-29-19(4)15-23(30-27)22-7-5-6-12-28-22/h5-15,25,32H,1-4H3,(H,29,30,31,33). The summed E-state index contributed by atoms with van der Waals surface area (Å²) in [6, 6.07) is 18.5. The van der Waals surface area contributed by atoms with E-state index < -0.39 is 6.10 Å². The topological polar surface area (TPSA) is 88.0 Å². The van der Waals surface area contributed by atoms with Gasteiger partial charge in [0.1, 0.15) is 6.10 Å². The average molecular weight is 439 g/mol. The number of nitrogens with one attached hydrogen (secondary N) is 1. The van der Waals surface area contributed by atoms with Gasteiger partial charge in [-0.05, 0) is 80.3 Å². The minimum atomic E-state index is -0.760. The van der Waals surface area contributed by atoms with Gasteiger partial charge in [-0.25, -0.2) is 9.97 Å². The first kappa shape index (κ1) is 22.3. The van der Waals surface area contributed by atoms with Crippen LogP contribution in [0.4, 0.5) is 5.95 Å². The molecule has 2 N–H and O–H groups in total. The Labute approximate surface area is 193 Å². The molecule has 6 nitrogen and oxygen atoms in total. The maximum absolute atomic E-state index is 12.8. The molecular weight excluding hydrogens is 412 g/mol. The zero-order valence-corrected chi connectivity index (χ0v) is 19.1. The number of amides is 1. The number of benzene rings is 2. The third-order valence-electron chi connectivity index (χ3n) is 5.51. The number of pyridine rings is 1. The molecular formula is C27H26N4O2. The van der Waals surface area contributed by atoms with Crippen LogP contribution >= 0.6 is 0 Å². The first-order valence-corrected chi connectivity index (χ1v) is 10.8. The first-order chi connectivity index (χ1) is 15.8. The highest BCUT2D eigenvalue weighted by molar-refractivity contribution is 6.03. The Morgan fingerprint density at radius 3 is 2.21 bits per heavy atom. The SMILES string of the molecule is Cc1cc(C)c(C(O)c2ccc(C(=O)Nc3nc(C)cc(-c4ccccn4)n3)cc2)c(C)c1. The fourth-order valence-corrected chi connectivity index (χ4v) is 4.05. The minimum Gasteiger partial charge on any atom is -0.384 e. The van der Waals surface area contributed by atoms with Crippen LogP contribution in [0.3, 0.4) is 0 Å². The normalized spacial score (nSPS) is 11.8. The monoisotopic (exact) mass is 438 g/mol. The Bertz CT molecular complexity index is 1280. The van der Waals surface area contributed by atoms with Gasteiger partial charge in [0.2, 0.25) is 5.95 Å². The number of nitrogens with zero attached hydrogens (tertiary/aromatic N) is 3. The predicted octanol–water partition coefficient (Wildman–Crippen LogP) is 5.11. The van der Waals surface area contributed by atoms with Crippen molar-refractivity contribution in [1.82, 2.24) is 15.0 Å². The molecule has 2 aromatic heterocycles. The van der Waals surface area contributed by atoms with E-state index in [1.807, 2.05) is 52.0 Å². The van der Waals surface area contributed by atoms with Crippen molar-refractivity contribution < 1.29 is 9.90 Å². The van der Waals surface area contributed by atoms with E-state index in [2.05, 4.69) is 32.4 Å². The quantitative estimate of drug-likeness (QED) is 0.452. The highest BCUT2D eigenvalue weighted by Crippen LogP contribution is 2.29. The summed E-state index contributed by atoms with van der Waals surface area (Å²) < 4.78 is 0. The van der Waals surface area contributed by atoms with E-state index in [9.17, 15) is 9.90 Å². The van der Waals surface area contributed by atoms with Crippen LogP contribution in [0, 0.1) is 27.7 Å². The van der Waals surface area contributed by atoms with Crippen LogP contribution in [0.2, 0.25) is 0 Å². The van der Waals surface area contributed by atoms with Crippen molar-refractivity contribution in [2.45, 2.75) is 33.8 Å². The summed E-state index contributed by atoms with van der Waals surface area (Å²) in [5.41, 5.74) is 7.40. The molecule has 0 aliphatic rings. The van der Waals surface area contributed by atoms with Crippen LogP contribution < -0.4 is 5.32 Å². The number of aromatic nitrogens is 3. The van der Waals surface area contributed by atoms with Crippen LogP contribution in [0.5, 0.6) is 0 Å². The highest BCUT2D eigenvalue weighted by atomic mass is 16.3. The molecule has 2 aromatic carbocycles. The Morgan fingerprint density at radius 2 is 1.58 bits per heavy atom. The molecule has 0 spiro atoms. The summed E-state index contributed by atoms with van der Waals surface area (Å²) >= 11 is 0. The van der Waals surface area contributed by atoms with Crippen LogP contribution in [-0.2, 0) is 0 Å². The Morgan fingerprint density at radius 1 is 0.879 bits per heavy atom. The van der Waals surface area contributed by atoms with E-state index in [0.29, 0.717) is 17.0 Å². The summed E-state index contributed by atoms with van der Waals surface area (Å²) in [6.07, 6.45) is 0.935. The number of anilines is 1. The van der Waals surface area contributed by atoms with Crippen molar-refractivity contribution in [2.75, 3.05) is 5.32 Å². The fourth-order valence-electron chi connectivity index (χ4n) is 4.05. The van der Waals surface area contributed by atoms with E-state index in [1.54, 1.807) is 30.5 Å². The van der Waals surface area contributed by atoms with Gasteiger partial charge in [-0.3, -0.25) is 15.1 Å². The predicted molar refractivity (Wildman–Crippen MR) is 129 cm³/mol. The van der Waals surface area contributed by atoms with Crippen LogP contribution in [-0.4, -0.2) is 26.0 Å². The van der Waals surface area contributed by atoms with Gasteiger partial charge in [-0.2, -0.15) is 0 Å². The molecule has 0 aliphatic carbocycles. The summed E-state index contributed by atoms with van der Waals surface area (Å²) in [7, 11) is 0. The number of aryl methyl sites for hydroxylation is 4. The molecule has 0 aliphatic heterocycles. The zero-order chi connectivity index (χ0) is 23.5. The zero-order valence-electron chi connectivity index (χ0n) is 19.1. The fraction of sp³-hybridized carbons (Fsp3) is 0.185. The summed E-state index contributed by atoms with van der Waals surface area (Å²) in [6.45, 7) is 7.89. The highest BCUT2D eigenvalue weighted by Gasteiger charge is 2.17. The molecule has 0 fully saturated rings. The number of carbonyl (C=O) groups excluding carboxylic acids is 1. The largest absolute Gasteiger partial charge is 0.384 e. The van der Waals surface area contributed by atoms with Crippen molar-refractivity contribution >= 4 is 11.9 Å². The third-order valence-corrected chi connectivity index (χ3v) is 5.51. The van der Waals surface area contributed by atoms with Crippen molar-refractivity contribution in [3.8, 4) is 11.4 Å². The maximum atomic E-state index is 12.8. The van der Waals surface area contributed by atoms with Gasteiger partial charge >= 0.3 is 0 Å². The van der Waals surface area contributed by atoms with Crippen molar-refractivity contribution in [3.63, 3.8) is 0 Å². The molecule has 0 saturated heterocycles. The smallest absolute Gasteiger partial charge is 0.258 e. The van der Waals surface area contributed by atoms with Gasteiger partial charge in [0.25, 0.3) is 5.91 Å². The van der Waals surface area contributed by atoms with Crippen LogP contribution in [0.15, 0.2) is 66.9 Å². The van der Waals surface area contributed by atoms with Gasteiger partial charge in [-0.1, -0.05) is 35.9 Å². The number of hydrogen-bond donors (Lipinski definition) is 2. The molecule has 166 valence electrons. The molecule has 33 heavy (non-hydrogen) atoms. The van der Waals surface area contributed by atoms with Crippen LogP contribution in [0.25, 0.3) is 11.4 Å². The molecule has 0 bridgehead atoms. The van der Waals surface area contributed by atoms with E-state index in [1.165, 1.54) is 0 Å². The van der Waals surface area contributed by atoms with E-state index >= 15 is 0 Å². The number of aliphatic hydroxyl groups is 1.